The second-order valence-electron chi connectivity index (χ2n) is 7.19. The van der Waals surface area contributed by atoms with Crippen molar-refractivity contribution in [3.8, 4) is 11.1 Å². The number of nitrogens with zero attached hydrogens (tertiary/aromatic N) is 1. The number of aliphatic carboxylic acids is 1. The van der Waals surface area contributed by atoms with Gasteiger partial charge in [-0.2, -0.15) is 0 Å². The quantitative estimate of drug-likeness (QED) is 0.761. The lowest BCUT2D eigenvalue weighted by Crippen LogP contribution is -2.49. The topological polar surface area (TPSA) is 66.4 Å². The number of likely N-dealkylation sites (N-methyl/N-ethyl adjacent to an activating group) is 1. The molecule has 0 aliphatic carbocycles. The number of hydrogen-bond donors (Lipinski definition) is 2. The van der Waals surface area contributed by atoms with Crippen LogP contribution >= 0.6 is 0 Å². The van der Waals surface area contributed by atoms with E-state index in [1.54, 1.807) is 6.07 Å². The average molecular weight is 341 g/mol. The van der Waals surface area contributed by atoms with Crippen LogP contribution in [0.4, 0.5) is 0 Å². The highest BCUT2D eigenvalue weighted by molar-refractivity contribution is 5.95. The predicted molar refractivity (Wildman–Crippen MR) is 98.3 cm³/mol. The van der Waals surface area contributed by atoms with Crippen LogP contribution in [0.15, 0.2) is 54.6 Å². The molecule has 2 N–H and O–H groups in total. The molecule has 2 rings (SSSR count). The molecule has 1 amide bonds. The number of quaternary nitrogens is 1. The van der Waals surface area contributed by atoms with E-state index in [0.717, 1.165) is 11.1 Å². The number of carbonyl (C=O) groups is 2. The van der Waals surface area contributed by atoms with E-state index in [1.165, 1.54) is 0 Å². The number of rotatable bonds is 7. The van der Waals surface area contributed by atoms with Crippen molar-refractivity contribution >= 4 is 11.9 Å². The summed E-state index contributed by atoms with van der Waals surface area (Å²) in [6.07, 6.45) is -0.0976. The highest BCUT2D eigenvalue weighted by Gasteiger charge is 2.23. The molecule has 132 valence electrons. The number of carbonyl (C=O) groups excluding carboxylic acids is 1. The maximum absolute atomic E-state index is 12.6. The van der Waals surface area contributed by atoms with Crippen LogP contribution < -0.4 is 5.32 Å². The molecule has 0 bridgehead atoms. The van der Waals surface area contributed by atoms with Crippen molar-refractivity contribution in [2.45, 2.75) is 12.5 Å². The lowest BCUT2D eigenvalue weighted by atomic mass is 10.0. The molecule has 0 heterocycles. The largest absolute Gasteiger partial charge is 0.481 e. The molecule has 0 aromatic heterocycles. The molecule has 1 atom stereocenters. The van der Waals surface area contributed by atoms with Crippen molar-refractivity contribution in [2.75, 3.05) is 27.7 Å². The Bertz CT molecular complexity index is 736. The van der Waals surface area contributed by atoms with E-state index in [4.69, 9.17) is 5.11 Å². The second-order valence-corrected chi connectivity index (χ2v) is 7.19. The summed E-state index contributed by atoms with van der Waals surface area (Å²) >= 11 is 0. The van der Waals surface area contributed by atoms with Crippen LogP contribution in [0.25, 0.3) is 11.1 Å². The fourth-order valence-electron chi connectivity index (χ4n) is 2.77. The minimum absolute atomic E-state index is 0.0976. The van der Waals surface area contributed by atoms with Crippen LogP contribution in [0, 0.1) is 0 Å². The number of carboxylic acids is 1. The van der Waals surface area contributed by atoms with Gasteiger partial charge in [-0.05, 0) is 23.3 Å². The zero-order valence-electron chi connectivity index (χ0n) is 14.9. The molecule has 5 nitrogen and oxygen atoms in total. The molecule has 0 radical (unpaired) electrons. The van der Waals surface area contributed by atoms with Crippen LogP contribution in [0.2, 0.25) is 0 Å². The average Bonchev–Trinajstić information content (AvgIpc) is 2.53. The van der Waals surface area contributed by atoms with Crippen LogP contribution in [0.3, 0.4) is 0 Å². The van der Waals surface area contributed by atoms with Gasteiger partial charge in [-0.3, -0.25) is 9.59 Å². The third-order valence-electron chi connectivity index (χ3n) is 3.76. The first-order valence-electron chi connectivity index (χ1n) is 8.23. The van der Waals surface area contributed by atoms with Crippen molar-refractivity contribution in [2.24, 2.45) is 0 Å². The van der Waals surface area contributed by atoms with Gasteiger partial charge in [0.2, 0.25) is 0 Å². The van der Waals surface area contributed by atoms with Gasteiger partial charge in [-0.25, -0.2) is 0 Å². The van der Waals surface area contributed by atoms with Gasteiger partial charge in [0, 0.05) is 5.56 Å². The SMILES string of the molecule is C[N+](C)(C)C[C@@H](CC(=O)O)NC(=O)c1cccc(-c2ccccc2)c1. The normalized spacial score (nSPS) is 12.4. The van der Waals surface area contributed by atoms with Crippen LogP contribution in [-0.2, 0) is 4.79 Å². The number of nitrogens with one attached hydrogen (secondary N) is 1. The number of benzene rings is 2. The predicted octanol–water partition coefficient (Wildman–Crippen LogP) is 2.63. The van der Waals surface area contributed by atoms with Gasteiger partial charge in [-0.15, -0.1) is 0 Å². The van der Waals surface area contributed by atoms with E-state index in [9.17, 15) is 9.59 Å². The van der Waals surface area contributed by atoms with Gasteiger partial charge in [-0.1, -0.05) is 42.5 Å². The summed E-state index contributed by atoms with van der Waals surface area (Å²) in [4.78, 5) is 23.7. The van der Waals surface area contributed by atoms with E-state index in [0.29, 0.717) is 16.6 Å². The maximum Gasteiger partial charge on any atom is 0.305 e. The monoisotopic (exact) mass is 341 g/mol. The van der Waals surface area contributed by atoms with E-state index in [-0.39, 0.29) is 12.3 Å². The minimum atomic E-state index is -0.920. The third-order valence-corrected chi connectivity index (χ3v) is 3.76. The Balaban J connectivity index is 2.17. The maximum atomic E-state index is 12.6. The molecule has 0 saturated carbocycles. The lowest BCUT2D eigenvalue weighted by molar-refractivity contribution is -0.871. The van der Waals surface area contributed by atoms with E-state index >= 15 is 0 Å². The standard InChI is InChI=1S/C20H24N2O3/c1-22(2,3)14-18(13-19(23)24)21-20(25)17-11-7-10-16(12-17)15-8-5-4-6-9-15/h4-12,18H,13-14H2,1-3H3,(H-,21,23,24,25)/p+1/t18-/m1/s1. The van der Waals surface area contributed by atoms with Crippen molar-refractivity contribution in [3.63, 3.8) is 0 Å². The Kier molecular flexibility index (Phi) is 5.93. The third kappa shape index (κ3) is 6.04. The molecule has 5 heteroatoms. The smallest absolute Gasteiger partial charge is 0.305 e. The molecule has 0 aliphatic heterocycles. The van der Waals surface area contributed by atoms with Crippen molar-refractivity contribution < 1.29 is 19.2 Å². The fraction of sp³-hybridized carbons (Fsp3) is 0.300. The molecular weight excluding hydrogens is 316 g/mol. The second kappa shape index (κ2) is 7.94. The van der Waals surface area contributed by atoms with Crippen LogP contribution in [0.5, 0.6) is 0 Å². The van der Waals surface area contributed by atoms with Crippen LogP contribution in [0.1, 0.15) is 16.8 Å². The Morgan fingerprint density at radius 3 is 2.24 bits per heavy atom. The molecule has 25 heavy (non-hydrogen) atoms. The Hall–Kier alpha value is -2.66. The first kappa shape index (κ1) is 18.7. The Labute approximate surface area is 148 Å². The van der Waals surface area contributed by atoms with Crippen molar-refractivity contribution in [1.29, 1.82) is 0 Å². The summed E-state index contributed by atoms with van der Waals surface area (Å²) < 4.78 is 0.572. The van der Waals surface area contributed by atoms with Crippen LogP contribution in [-0.4, -0.2) is 55.2 Å². The van der Waals surface area contributed by atoms with Gasteiger partial charge >= 0.3 is 5.97 Å². The summed E-state index contributed by atoms with van der Waals surface area (Å²) in [7, 11) is 5.91. The molecule has 0 spiro atoms. The molecule has 0 unspecified atom stereocenters. The fourth-order valence-corrected chi connectivity index (χ4v) is 2.77. The Morgan fingerprint density at radius 1 is 1.00 bits per heavy atom. The van der Waals surface area contributed by atoms with Gasteiger partial charge in [0.15, 0.2) is 0 Å². The molecular formula is C20H25N2O3+. The summed E-state index contributed by atoms with van der Waals surface area (Å²) in [6, 6.07) is 16.8. The highest BCUT2D eigenvalue weighted by atomic mass is 16.4. The molecule has 0 aliphatic rings. The summed E-state index contributed by atoms with van der Waals surface area (Å²) in [5.41, 5.74) is 2.51. The van der Waals surface area contributed by atoms with Gasteiger partial charge < -0.3 is 14.9 Å². The molecule has 0 fully saturated rings. The highest BCUT2D eigenvalue weighted by Crippen LogP contribution is 2.20. The van der Waals surface area contributed by atoms with Crippen molar-refractivity contribution in [1.82, 2.24) is 5.32 Å². The molecule has 0 saturated heterocycles. The van der Waals surface area contributed by atoms with E-state index in [1.807, 2.05) is 69.7 Å². The number of carboxylic acid groups (broad SMARTS) is 1. The van der Waals surface area contributed by atoms with E-state index in [2.05, 4.69) is 5.32 Å². The van der Waals surface area contributed by atoms with Gasteiger partial charge in [0.1, 0.15) is 0 Å². The lowest BCUT2D eigenvalue weighted by Gasteiger charge is -2.29. The number of amides is 1. The van der Waals surface area contributed by atoms with Gasteiger partial charge in [0.25, 0.3) is 5.91 Å². The summed E-state index contributed by atoms with van der Waals surface area (Å²) in [6.45, 7) is 0.538. The zero-order valence-corrected chi connectivity index (χ0v) is 14.9. The molecule has 2 aromatic carbocycles. The van der Waals surface area contributed by atoms with Gasteiger partial charge in [0.05, 0.1) is 40.2 Å². The summed E-state index contributed by atoms with van der Waals surface area (Å²) in [5.74, 6) is -1.17. The first-order chi connectivity index (χ1) is 11.7. The Morgan fingerprint density at radius 2 is 1.64 bits per heavy atom. The summed E-state index contributed by atoms with van der Waals surface area (Å²) in [5, 5.41) is 12.0. The minimum Gasteiger partial charge on any atom is -0.481 e. The zero-order chi connectivity index (χ0) is 18.4. The molecule has 2 aromatic rings. The first-order valence-corrected chi connectivity index (χ1v) is 8.23. The van der Waals surface area contributed by atoms with E-state index < -0.39 is 12.0 Å². The number of hydrogen-bond acceptors (Lipinski definition) is 2. The van der Waals surface area contributed by atoms with Crippen molar-refractivity contribution in [3.05, 3.63) is 60.2 Å².